The van der Waals surface area contributed by atoms with Gasteiger partial charge in [-0.3, -0.25) is 4.57 Å². The molecule has 1 aromatic rings. The second-order valence-electron chi connectivity index (χ2n) is 3.38. The molecule has 0 aliphatic carbocycles. The zero-order chi connectivity index (χ0) is 12.9. The average Bonchev–Trinajstić information content (AvgIpc) is 2.15. The van der Waals surface area contributed by atoms with Gasteiger partial charge in [0.25, 0.3) is 0 Å². The smallest absolute Gasteiger partial charge is 0.309 e. The number of hydrogen-bond acceptors (Lipinski definition) is 3. The zero-order valence-corrected chi connectivity index (χ0v) is 12.3. The predicted octanol–water partition coefficient (Wildman–Crippen LogP) is 4.35. The zero-order valence-electron chi connectivity index (χ0n) is 9.78. The summed E-state index contributed by atoms with van der Waals surface area (Å²) in [4.78, 5) is 0. The number of halogens is 2. The highest BCUT2D eigenvalue weighted by Gasteiger charge is 2.24. The molecule has 0 heterocycles. The highest BCUT2D eigenvalue weighted by molar-refractivity contribution is 9.10. The fraction of sp³-hybridized carbons (Fsp3) is 0.455. The van der Waals surface area contributed by atoms with E-state index in [1.165, 1.54) is 12.1 Å². The Labute approximate surface area is 109 Å². The standard InChI is InChI=1S/C11H15BrFO3P/c1-3-15-17(14,16-4-2)8-9-5-10(12)7-11(13)6-9/h5-7H,3-4,8H2,1-2H3. The van der Waals surface area contributed by atoms with Crippen molar-refractivity contribution < 1.29 is 18.0 Å². The van der Waals surface area contributed by atoms with Crippen LogP contribution in [0.2, 0.25) is 0 Å². The van der Waals surface area contributed by atoms with Gasteiger partial charge in [0.2, 0.25) is 0 Å². The molecule has 1 rings (SSSR count). The van der Waals surface area contributed by atoms with Crippen LogP contribution in [0.25, 0.3) is 0 Å². The first-order valence-electron chi connectivity index (χ1n) is 5.32. The van der Waals surface area contributed by atoms with Crippen molar-refractivity contribution in [3.8, 4) is 0 Å². The molecular formula is C11H15BrFO3P. The van der Waals surface area contributed by atoms with Crippen LogP contribution < -0.4 is 0 Å². The van der Waals surface area contributed by atoms with E-state index in [2.05, 4.69) is 15.9 Å². The molecule has 96 valence electrons. The maximum absolute atomic E-state index is 13.2. The molecule has 3 nitrogen and oxygen atoms in total. The van der Waals surface area contributed by atoms with E-state index in [-0.39, 0.29) is 12.0 Å². The van der Waals surface area contributed by atoms with E-state index in [0.717, 1.165) is 0 Å². The van der Waals surface area contributed by atoms with Gasteiger partial charge in [0.1, 0.15) is 5.82 Å². The molecule has 0 aliphatic rings. The Kier molecular flexibility index (Phi) is 5.80. The topological polar surface area (TPSA) is 35.5 Å². The van der Waals surface area contributed by atoms with Crippen LogP contribution in [0.1, 0.15) is 19.4 Å². The Morgan fingerprint density at radius 3 is 2.29 bits per heavy atom. The minimum Gasteiger partial charge on any atom is -0.309 e. The van der Waals surface area contributed by atoms with Gasteiger partial charge in [0.15, 0.2) is 0 Å². The molecule has 0 atom stereocenters. The Hall–Kier alpha value is -0.220. The summed E-state index contributed by atoms with van der Waals surface area (Å²) >= 11 is 3.19. The Balaban J connectivity index is 2.89. The molecule has 0 saturated carbocycles. The van der Waals surface area contributed by atoms with Crippen molar-refractivity contribution in [1.29, 1.82) is 0 Å². The van der Waals surface area contributed by atoms with Gasteiger partial charge < -0.3 is 9.05 Å². The van der Waals surface area contributed by atoms with Crippen molar-refractivity contribution in [2.24, 2.45) is 0 Å². The van der Waals surface area contributed by atoms with Crippen LogP contribution >= 0.6 is 23.5 Å². The number of hydrogen-bond donors (Lipinski definition) is 0. The van der Waals surface area contributed by atoms with Gasteiger partial charge in [-0.05, 0) is 37.6 Å². The molecule has 0 spiro atoms. The molecule has 0 saturated heterocycles. The van der Waals surface area contributed by atoms with Crippen molar-refractivity contribution in [3.63, 3.8) is 0 Å². The molecule has 1 aromatic carbocycles. The van der Waals surface area contributed by atoms with E-state index >= 15 is 0 Å². The lowest BCUT2D eigenvalue weighted by molar-refractivity contribution is 0.219. The summed E-state index contributed by atoms with van der Waals surface area (Å²) in [6.45, 7) is 4.09. The lowest BCUT2D eigenvalue weighted by Gasteiger charge is -2.17. The summed E-state index contributed by atoms with van der Waals surface area (Å²) in [7, 11) is -3.17. The van der Waals surface area contributed by atoms with Crippen molar-refractivity contribution in [3.05, 3.63) is 34.1 Å². The summed E-state index contributed by atoms with van der Waals surface area (Å²) in [6.07, 6.45) is 0.0744. The fourth-order valence-electron chi connectivity index (χ4n) is 1.45. The molecule has 0 radical (unpaired) electrons. The van der Waals surface area contributed by atoms with Gasteiger partial charge >= 0.3 is 7.60 Å². The fourth-order valence-corrected chi connectivity index (χ4v) is 3.63. The minimum absolute atomic E-state index is 0.0744. The van der Waals surface area contributed by atoms with Crippen molar-refractivity contribution in [2.75, 3.05) is 13.2 Å². The second-order valence-corrected chi connectivity index (χ2v) is 6.35. The second kappa shape index (κ2) is 6.64. The predicted molar refractivity (Wildman–Crippen MR) is 68.7 cm³/mol. The molecular weight excluding hydrogens is 310 g/mol. The third kappa shape index (κ3) is 4.88. The largest absolute Gasteiger partial charge is 0.335 e. The van der Waals surface area contributed by atoms with Gasteiger partial charge in [-0.1, -0.05) is 15.9 Å². The summed E-state index contributed by atoms with van der Waals surface area (Å²) in [6, 6.07) is 4.37. The highest BCUT2D eigenvalue weighted by atomic mass is 79.9. The molecule has 6 heteroatoms. The third-order valence-corrected chi connectivity index (χ3v) is 4.46. The summed E-state index contributed by atoms with van der Waals surface area (Å²) in [5.41, 5.74) is 0.585. The minimum atomic E-state index is -3.17. The van der Waals surface area contributed by atoms with Crippen molar-refractivity contribution in [1.82, 2.24) is 0 Å². The Bertz CT molecular complexity index is 395. The van der Waals surface area contributed by atoms with Crippen LogP contribution in [-0.2, 0) is 19.8 Å². The van der Waals surface area contributed by atoms with Gasteiger partial charge in [-0.25, -0.2) is 4.39 Å². The maximum atomic E-state index is 13.2. The molecule has 0 aliphatic heterocycles. The van der Waals surface area contributed by atoms with E-state index in [4.69, 9.17) is 9.05 Å². The van der Waals surface area contributed by atoms with E-state index in [0.29, 0.717) is 23.2 Å². The first-order chi connectivity index (χ1) is 7.99. The summed E-state index contributed by atoms with van der Waals surface area (Å²) in [5, 5.41) is 0. The molecule has 0 aromatic heterocycles. The van der Waals surface area contributed by atoms with Crippen LogP contribution in [0.4, 0.5) is 4.39 Å². The van der Waals surface area contributed by atoms with Crippen LogP contribution in [0.3, 0.4) is 0 Å². The van der Waals surface area contributed by atoms with Crippen LogP contribution in [-0.4, -0.2) is 13.2 Å². The third-order valence-electron chi connectivity index (χ3n) is 1.95. The lowest BCUT2D eigenvalue weighted by Crippen LogP contribution is -1.99. The molecule has 0 bridgehead atoms. The molecule has 17 heavy (non-hydrogen) atoms. The van der Waals surface area contributed by atoms with E-state index in [1.807, 2.05) is 0 Å². The summed E-state index contributed by atoms with van der Waals surface area (Å²) < 4.78 is 36.3. The average molecular weight is 325 g/mol. The monoisotopic (exact) mass is 324 g/mol. The van der Waals surface area contributed by atoms with Gasteiger partial charge in [-0.2, -0.15) is 0 Å². The van der Waals surface area contributed by atoms with Crippen LogP contribution in [0, 0.1) is 5.82 Å². The molecule has 0 unspecified atom stereocenters. The maximum Gasteiger partial charge on any atom is 0.335 e. The summed E-state index contributed by atoms with van der Waals surface area (Å²) in [5.74, 6) is -0.381. The highest BCUT2D eigenvalue weighted by Crippen LogP contribution is 2.51. The van der Waals surface area contributed by atoms with Gasteiger partial charge in [-0.15, -0.1) is 0 Å². The van der Waals surface area contributed by atoms with Crippen molar-refractivity contribution in [2.45, 2.75) is 20.0 Å². The first-order valence-corrected chi connectivity index (χ1v) is 7.84. The van der Waals surface area contributed by atoms with Gasteiger partial charge in [0.05, 0.1) is 19.4 Å². The van der Waals surface area contributed by atoms with E-state index in [9.17, 15) is 8.96 Å². The molecule has 0 fully saturated rings. The quantitative estimate of drug-likeness (QED) is 0.729. The molecule has 0 amide bonds. The van der Waals surface area contributed by atoms with Crippen LogP contribution in [0.15, 0.2) is 22.7 Å². The van der Waals surface area contributed by atoms with Gasteiger partial charge in [0, 0.05) is 4.47 Å². The number of benzene rings is 1. The van der Waals surface area contributed by atoms with Crippen LogP contribution in [0.5, 0.6) is 0 Å². The number of rotatable bonds is 6. The molecule has 0 N–H and O–H groups in total. The normalized spacial score (nSPS) is 11.8. The lowest BCUT2D eigenvalue weighted by atomic mass is 10.2. The Morgan fingerprint density at radius 1 is 1.24 bits per heavy atom. The SMILES string of the molecule is CCOP(=O)(Cc1cc(F)cc(Br)c1)OCC. The first kappa shape index (κ1) is 14.8. The van der Waals surface area contributed by atoms with Crippen molar-refractivity contribution >= 4 is 23.5 Å². The Morgan fingerprint density at radius 2 is 1.82 bits per heavy atom. The van der Waals surface area contributed by atoms with E-state index in [1.54, 1.807) is 19.9 Å². The van der Waals surface area contributed by atoms with E-state index < -0.39 is 7.60 Å².